The van der Waals surface area contributed by atoms with Crippen molar-refractivity contribution < 1.29 is 9.18 Å². The van der Waals surface area contributed by atoms with E-state index in [2.05, 4.69) is 37.2 Å². The Labute approximate surface area is 140 Å². The summed E-state index contributed by atoms with van der Waals surface area (Å²) < 4.78 is 15.0. The average molecular weight is 386 g/mol. The van der Waals surface area contributed by atoms with Crippen LogP contribution in [0.4, 0.5) is 10.1 Å². The summed E-state index contributed by atoms with van der Waals surface area (Å²) in [5.41, 5.74) is 6.67. The maximum atomic E-state index is 12.8. The summed E-state index contributed by atoms with van der Waals surface area (Å²) in [6.07, 6.45) is 0. The fourth-order valence-electron chi connectivity index (χ4n) is 1.60. The van der Waals surface area contributed by atoms with Crippen molar-refractivity contribution in [2.75, 3.05) is 5.32 Å². The highest BCUT2D eigenvalue weighted by Crippen LogP contribution is 2.19. The lowest BCUT2D eigenvalue weighted by Gasteiger charge is -2.10. The predicted molar refractivity (Wildman–Crippen MR) is 88.9 cm³/mol. The Balaban J connectivity index is 1.91. The minimum Gasteiger partial charge on any atom is -0.331 e. The van der Waals surface area contributed by atoms with Gasteiger partial charge >= 0.3 is 0 Å². The number of halogens is 2. The highest BCUT2D eigenvalue weighted by Gasteiger charge is 2.17. The van der Waals surface area contributed by atoms with Gasteiger partial charge in [-0.1, -0.05) is 0 Å². The van der Waals surface area contributed by atoms with E-state index in [9.17, 15) is 9.18 Å². The normalized spacial score (nSPS) is 10.2. The zero-order chi connectivity index (χ0) is 16.3. The van der Waals surface area contributed by atoms with Crippen LogP contribution in [0.3, 0.4) is 0 Å². The van der Waals surface area contributed by atoms with E-state index in [0.29, 0.717) is 10.2 Å². The van der Waals surface area contributed by atoms with Crippen molar-refractivity contribution in [3.05, 3.63) is 45.9 Å². The first-order valence-electron chi connectivity index (χ1n) is 6.20. The largest absolute Gasteiger partial charge is 0.331 e. The smallest absolute Gasteiger partial charge is 0.291 e. The molecule has 22 heavy (non-hydrogen) atoms. The van der Waals surface area contributed by atoms with Crippen LogP contribution in [0.5, 0.6) is 0 Å². The van der Waals surface area contributed by atoms with E-state index in [-0.39, 0.29) is 16.6 Å². The minimum absolute atomic E-state index is 0.170. The molecule has 0 bridgehead atoms. The Kier molecular flexibility index (Phi) is 5.09. The number of hydrazine groups is 1. The van der Waals surface area contributed by atoms with Crippen LogP contribution >= 0.6 is 28.1 Å². The van der Waals surface area contributed by atoms with Crippen LogP contribution in [0.25, 0.3) is 0 Å². The zero-order valence-corrected chi connectivity index (χ0v) is 14.2. The summed E-state index contributed by atoms with van der Waals surface area (Å²) in [5, 5.41) is 7.07. The SMILES string of the molecule is Cc1c(Br)c(C(=O)NNC(=S)Nc2ccc(F)cc2)nn1C. The molecule has 9 heteroatoms. The van der Waals surface area contributed by atoms with Gasteiger partial charge in [0.2, 0.25) is 0 Å². The van der Waals surface area contributed by atoms with Gasteiger partial charge in [0.05, 0.1) is 10.2 Å². The molecule has 3 N–H and O–H groups in total. The lowest BCUT2D eigenvalue weighted by atomic mass is 10.3. The van der Waals surface area contributed by atoms with Crippen molar-refractivity contribution in [3.63, 3.8) is 0 Å². The fourth-order valence-corrected chi connectivity index (χ4v) is 2.28. The van der Waals surface area contributed by atoms with Gasteiger partial charge in [0, 0.05) is 12.7 Å². The predicted octanol–water partition coefficient (Wildman–Crippen LogP) is 2.26. The number of hydrogen-bond acceptors (Lipinski definition) is 3. The summed E-state index contributed by atoms with van der Waals surface area (Å²) in [6, 6.07) is 5.67. The number of nitrogens with one attached hydrogen (secondary N) is 3. The van der Waals surface area contributed by atoms with Crippen molar-refractivity contribution in [2.45, 2.75) is 6.92 Å². The van der Waals surface area contributed by atoms with Crippen LogP contribution in [-0.2, 0) is 7.05 Å². The Morgan fingerprint density at radius 1 is 1.32 bits per heavy atom. The lowest BCUT2D eigenvalue weighted by Crippen LogP contribution is -2.44. The van der Waals surface area contributed by atoms with Gasteiger partial charge in [-0.2, -0.15) is 5.10 Å². The molecular formula is C13H13BrFN5OS. The quantitative estimate of drug-likeness (QED) is 0.546. The molecule has 6 nitrogen and oxygen atoms in total. The van der Waals surface area contributed by atoms with E-state index in [1.54, 1.807) is 11.7 Å². The number of thiocarbonyl (C=S) groups is 1. The number of amides is 1. The maximum absolute atomic E-state index is 12.8. The number of rotatable bonds is 2. The summed E-state index contributed by atoms with van der Waals surface area (Å²) >= 11 is 8.35. The van der Waals surface area contributed by atoms with Crippen molar-refractivity contribution in [2.24, 2.45) is 7.05 Å². The lowest BCUT2D eigenvalue weighted by molar-refractivity contribution is 0.0937. The third-order valence-electron chi connectivity index (χ3n) is 2.87. The zero-order valence-electron chi connectivity index (χ0n) is 11.8. The molecule has 116 valence electrons. The van der Waals surface area contributed by atoms with Crippen LogP contribution in [0.15, 0.2) is 28.7 Å². The van der Waals surface area contributed by atoms with Crippen LogP contribution < -0.4 is 16.2 Å². The van der Waals surface area contributed by atoms with Gasteiger partial charge in [0.25, 0.3) is 5.91 Å². The van der Waals surface area contributed by atoms with Crippen molar-refractivity contribution in [3.8, 4) is 0 Å². The molecule has 0 fully saturated rings. The molecule has 0 unspecified atom stereocenters. The molecule has 0 aliphatic carbocycles. The first-order valence-corrected chi connectivity index (χ1v) is 7.40. The number of nitrogens with zero attached hydrogens (tertiary/aromatic N) is 2. The van der Waals surface area contributed by atoms with Gasteiger partial charge < -0.3 is 5.32 Å². The highest BCUT2D eigenvalue weighted by atomic mass is 79.9. The number of benzene rings is 1. The van der Waals surface area contributed by atoms with E-state index in [4.69, 9.17) is 12.2 Å². The second kappa shape index (κ2) is 6.84. The molecule has 0 aliphatic heterocycles. The molecule has 0 saturated carbocycles. The molecule has 1 heterocycles. The second-order valence-corrected chi connectivity index (χ2v) is 5.61. The third-order valence-corrected chi connectivity index (χ3v) is 4.02. The Hall–Kier alpha value is -2.00. The van der Waals surface area contributed by atoms with E-state index < -0.39 is 5.91 Å². The van der Waals surface area contributed by atoms with Gasteiger partial charge in [-0.3, -0.25) is 20.3 Å². The van der Waals surface area contributed by atoms with Crippen molar-refractivity contribution in [1.82, 2.24) is 20.6 Å². The topological polar surface area (TPSA) is 71.0 Å². The third kappa shape index (κ3) is 3.80. The Bertz CT molecular complexity index is 716. The average Bonchev–Trinajstić information content (AvgIpc) is 2.75. The second-order valence-electron chi connectivity index (χ2n) is 4.41. The van der Waals surface area contributed by atoms with Gasteiger partial charge in [-0.25, -0.2) is 4.39 Å². The standard InChI is InChI=1S/C13H13BrFN5OS/c1-7-10(14)11(19-20(7)2)12(21)17-18-13(22)16-9-5-3-8(15)4-6-9/h3-6H,1-2H3,(H,17,21)(H2,16,18,22). The molecule has 0 aliphatic rings. The van der Waals surface area contributed by atoms with Gasteiger partial charge in [-0.15, -0.1) is 0 Å². The van der Waals surface area contributed by atoms with Crippen LogP contribution in [0.2, 0.25) is 0 Å². The summed E-state index contributed by atoms with van der Waals surface area (Å²) in [5.74, 6) is -0.771. The highest BCUT2D eigenvalue weighted by molar-refractivity contribution is 9.10. The molecule has 0 saturated heterocycles. The molecule has 0 radical (unpaired) electrons. The van der Waals surface area contributed by atoms with Gasteiger partial charge in [-0.05, 0) is 59.3 Å². The number of anilines is 1. The molecule has 2 rings (SSSR count). The van der Waals surface area contributed by atoms with Crippen LogP contribution in [0.1, 0.15) is 16.2 Å². The number of hydrogen-bond donors (Lipinski definition) is 3. The van der Waals surface area contributed by atoms with Crippen LogP contribution in [0, 0.1) is 12.7 Å². The summed E-state index contributed by atoms with van der Waals surface area (Å²) in [7, 11) is 1.74. The number of carbonyl (C=O) groups is 1. The molecular weight excluding hydrogens is 373 g/mol. The molecule has 1 aromatic heterocycles. The maximum Gasteiger partial charge on any atom is 0.291 e. The van der Waals surface area contributed by atoms with E-state index in [0.717, 1.165) is 5.69 Å². The van der Waals surface area contributed by atoms with E-state index in [1.165, 1.54) is 24.3 Å². The number of aromatic nitrogens is 2. The first-order chi connectivity index (χ1) is 10.4. The minimum atomic E-state index is -0.432. The molecule has 1 aromatic carbocycles. The number of carbonyl (C=O) groups excluding carboxylic acids is 1. The van der Waals surface area contributed by atoms with Gasteiger partial charge in [0.15, 0.2) is 10.8 Å². The van der Waals surface area contributed by atoms with E-state index >= 15 is 0 Å². The molecule has 0 spiro atoms. The van der Waals surface area contributed by atoms with Gasteiger partial charge in [0.1, 0.15) is 5.82 Å². The Morgan fingerprint density at radius 2 is 1.95 bits per heavy atom. The molecule has 1 amide bonds. The number of aryl methyl sites for hydroxylation is 1. The van der Waals surface area contributed by atoms with E-state index in [1.807, 2.05) is 6.92 Å². The monoisotopic (exact) mass is 385 g/mol. The summed E-state index contributed by atoms with van der Waals surface area (Å²) in [6.45, 7) is 1.84. The fraction of sp³-hybridized carbons (Fsp3) is 0.154. The first kappa shape index (κ1) is 16.4. The summed E-state index contributed by atoms with van der Waals surface area (Å²) in [4.78, 5) is 12.0. The molecule has 0 atom stereocenters. The molecule has 2 aromatic rings. The van der Waals surface area contributed by atoms with Crippen LogP contribution in [-0.4, -0.2) is 20.8 Å². The van der Waals surface area contributed by atoms with Crippen molar-refractivity contribution in [1.29, 1.82) is 0 Å². The Morgan fingerprint density at radius 3 is 2.50 bits per heavy atom. The van der Waals surface area contributed by atoms with Crippen molar-refractivity contribution >= 4 is 44.9 Å².